The number of hydrogen-bond donors (Lipinski definition) is 1. The molecule has 1 unspecified atom stereocenters. The lowest BCUT2D eigenvalue weighted by Crippen LogP contribution is -2.30. The molecule has 0 saturated carbocycles. The maximum absolute atomic E-state index is 11.6. The van der Waals surface area contributed by atoms with Gasteiger partial charge in [-0.1, -0.05) is 29.8 Å². The zero-order chi connectivity index (χ0) is 12.7. The van der Waals surface area contributed by atoms with Crippen molar-refractivity contribution in [2.75, 3.05) is 6.54 Å². The number of thioether (sulfide) groups is 1. The molecule has 0 aromatic heterocycles. The van der Waals surface area contributed by atoms with Crippen LogP contribution in [0.4, 0.5) is 0 Å². The summed E-state index contributed by atoms with van der Waals surface area (Å²) >= 11 is 7.48. The molecule has 1 aromatic carbocycles. The van der Waals surface area contributed by atoms with E-state index in [1.807, 2.05) is 31.2 Å². The molecular weight excluding hydrogens is 254 g/mol. The molecule has 4 heteroatoms. The topological polar surface area (TPSA) is 29.1 Å². The van der Waals surface area contributed by atoms with Crippen LogP contribution in [0.2, 0.25) is 5.02 Å². The molecule has 1 rings (SSSR count). The molecule has 1 N–H and O–H groups in total. The summed E-state index contributed by atoms with van der Waals surface area (Å²) in [5.74, 6) is 0.820. The highest BCUT2D eigenvalue weighted by Gasteiger charge is 2.12. The van der Waals surface area contributed by atoms with E-state index in [0.29, 0.717) is 6.54 Å². The minimum Gasteiger partial charge on any atom is -0.352 e. The van der Waals surface area contributed by atoms with E-state index in [9.17, 15) is 4.79 Å². The SMILES string of the molecule is C=CCNC(=O)C(C)SCc1cccc(Cl)c1. The second-order valence-electron chi connectivity index (χ2n) is 3.62. The Bertz CT molecular complexity index is 395. The molecule has 1 aromatic rings. The summed E-state index contributed by atoms with van der Waals surface area (Å²) < 4.78 is 0. The molecular formula is C13H16ClNOS. The van der Waals surface area contributed by atoms with E-state index in [4.69, 9.17) is 11.6 Å². The average Bonchev–Trinajstić information content (AvgIpc) is 2.33. The van der Waals surface area contributed by atoms with Crippen molar-refractivity contribution < 1.29 is 4.79 Å². The molecule has 0 saturated heterocycles. The van der Waals surface area contributed by atoms with E-state index in [1.54, 1.807) is 17.8 Å². The van der Waals surface area contributed by atoms with Gasteiger partial charge in [0.25, 0.3) is 0 Å². The van der Waals surface area contributed by atoms with Gasteiger partial charge in [0.1, 0.15) is 0 Å². The second-order valence-corrected chi connectivity index (χ2v) is 5.38. The Labute approximate surface area is 111 Å². The summed E-state index contributed by atoms with van der Waals surface area (Å²) in [5.41, 5.74) is 1.13. The average molecular weight is 270 g/mol. The van der Waals surface area contributed by atoms with Gasteiger partial charge in [-0.3, -0.25) is 4.79 Å². The molecule has 0 fully saturated rings. The largest absolute Gasteiger partial charge is 0.352 e. The Morgan fingerprint density at radius 2 is 2.41 bits per heavy atom. The number of hydrogen-bond acceptors (Lipinski definition) is 2. The van der Waals surface area contributed by atoms with Crippen molar-refractivity contribution in [3.63, 3.8) is 0 Å². The summed E-state index contributed by atoms with van der Waals surface area (Å²) in [7, 11) is 0. The number of rotatable bonds is 6. The molecule has 92 valence electrons. The van der Waals surface area contributed by atoms with Crippen LogP contribution in [0, 0.1) is 0 Å². The first-order valence-corrected chi connectivity index (χ1v) is 6.81. The van der Waals surface area contributed by atoms with Crippen molar-refractivity contribution in [3.8, 4) is 0 Å². The van der Waals surface area contributed by atoms with Crippen LogP contribution in [0.15, 0.2) is 36.9 Å². The van der Waals surface area contributed by atoms with Gasteiger partial charge in [0, 0.05) is 17.3 Å². The molecule has 17 heavy (non-hydrogen) atoms. The van der Waals surface area contributed by atoms with E-state index in [2.05, 4.69) is 11.9 Å². The highest BCUT2D eigenvalue weighted by molar-refractivity contribution is 7.99. The van der Waals surface area contributed by atoms with Gasteiger partial charge in [-0.05, 0) is 24.6 Å². The standard InChI is InChI=1S/C13H16ClNOS/c1-3-7-15-13(16)10(2)17-9-11-5-4-6-12(14)8-11/h3-6,8,10H,1,7,9H2,2H3,(H,15,16). The van der Waals surface area contributed by atoms with Crippen molar-refractivity contribution in [1.29, 1.82) is 0 Å². The maximum Gasteiger partial charge on any atom is 0.233 e. The third-order valence-electron chi connectivity index (χ3n) is 2.18. The van der Waals surface area contributed by atoms with E-state index < -0.39 is 0 Å². The lowest BCUT2D eigenvalue weighted by molar-refractivity contribution is -0.120. The molecule has 0 aliphatic heterocycles. The molecule has 0 aliphatic rings. The van der Waals surface area contributed by atoms with Crippen LogP contribution >= 0.6 is 23.4 Å². The normalized spacial score (nSPS) is 11.9. The Hall–Kier alpha value is -0.930. The third kappa shape index (κ3) is 5.29. The molecule has 0 spiro atoms. The number of amides is 1. The van der Waals surface area contributed by atoms with Crippen molar-refractivity contribution in [2.45, 2.75) is 17.9 Å². The number of carbonyl (C=O) groups excluding carboxylic acids is 1. The first-order chi connectivity index (χ1) is 8.13. The summed E-state index contributed by atoms with van der Waals surface area (Å²) in [6, 6.07) is 7.69. The highest BCUT2D eigenvalue weighted by atomic mass is 35.5. The summed E-state index contributed by atoms with van der Waals surface area (Å²) in [4.78, 5) is 11.6. The summed E-state index contributed by atoms with van der Waals surface area (Å²) in [6.07, 6.45) is 1.67. The van der Waals surface area contributed by atoms with Gasteiger partial charge in [0.05, 0.1) is 5.25 Å². The maximum atomic E-state index is 11.6. The van der Waals surface area contributed by atoms with Gasteiger partial charge in [-0.2, -0.15) is 0 Å². The summed E-state index contributed by atoms with van der Waals surface area (Å²) in [5, 5.41) is 3.43. The predicted molar refractivity (Wildman–Crippen MR) is 75.4 cm³/mol. The number of benzene rings is 1. The van der Waals surface area contributed by atoms with E-state index in [-0.39, 0.29) is 11.2 Å². The van der Waals surface area contributed by atoms with Crippen LogP contribution in [-0.2, 0) is 10.5 Å². The van der Waals surface area contributed by atoms with Gasteiger partial charge in [0.15, 0.2) is 0 Å². The van der Waals surface area contributed by atoms with Crippen LogP contribution in [0.3, 0.4) is 0 Å². The first kappa shape index (κ1) is 14.1. The zero-order valence-corrected chi connectivity index (χ0v) is 11.4. The van der Waals surface area contributed by atoms with Crippen molar-refractivity contribution in [1.82, 2.24) is 5.32 Å². The molecule has 0 aliphatic carbocycles. The summed E-state index contributed by atoms with van der Waals surface area (Å²) in [6.45, 7) is 5.97. The van der Waals surface area contributed by atoms with Crippen LogP contribution in [-0.4, -0.2) is 17.7 Å². The first-order valence-electron chi connectivity index (χ1n) is 5.38. The van der Waals surface area contributed by atoms with Gasteiger partial charge >= 0.3 is 0 Å². The number of nitrogens with one attached hydrogen (secondary N) is 1. The third-order valence-corrected chi connectivity index (χ3v) is 3.63. The monoisotopic (exact) mass is 269 g/mol. The second kappa shape index (κ2) is 7.41. The fourth-order valence-electron chi connectivity index (χ4n) is 1.24. The fraction of sp³-hybridized carbons (Fsp3) is 0.308. The molecule has 0 radical (unpaired) electrons. The van der Waals surface area contributed by atoms with Gasteiger partial charge in [-0.25, -0.2) is 0 Å². The van der Waals surface area contributed by atoms with Crippen LogP contribution in [0.5, 0.6) is 0 Å². The number of carbonyl (C=O) groups is 1. The molecule has 1 amide bonds. The van der Waals surface area contributed by atoms with Gasteiger partial charge in [0.2, 0.25) is 5.91 Å². The lowest BCUT2D eigenvalue weighted by atomic mass is 10.2. The molecule has 2 nitrogen and oxygen atoms in total. The van der Waals surface area contributed by atoms with Crippen molar-refractivity contribution >= 4 is 29.3 Å². The Kier molecular flexibility index (Phi) is 6.16. The fourth-order valence-corrected chi connectivity index (χ4v) is 2.31. The number of halogens is 1. The predicted octanol–water partition coefficient (Wildman–Crippen LogP) is 3.26. The van der Waals surface area contributed by atoms with Crippen molar-refractivity contribution in [2.24, 2.45) is 0 Å². The minimum atomic E-state index is -0.0751. The molecule has 0 bridgehead atoms. The van der Waals surface area contributed by atoms with E-state index in [1.165, 1.54) is 0 Å². The van der Waals surface area contributed by atoms with Gasteiger partial charge in [-0.15, -0.1) is 18.3 Å². The van der Waals surface area contributed by atoms with Crippen molar-refractivity contribution in [3.05, 3.63) is 47.5 Å². The van der Waals surface area contributed by atoms with Crippen LogP contribution in [0.25, 0.3) is 0 Å². The van der Waals surface area contributed by atoms with E-state index in [0.717, 1.165) is 16.3 Å². The van der Waals surface area contributed by atoms with Crippen LogP contribution in [0.1, 0.15) is 12.5 Å². The molecule has 1 atom stereocenters. The Morgan fingerprint density at radius 3 is 3.06 bits per heavy atom. The minimum absolute atomic E-state index is 0.0388. The van der Waals surface area contributed by atoms with E-state index >= 15 is 0 Å². The molecule has 0 heterocycles. The quantitative estimate of drug-likeness (QED) is 0.803. The zero-order valence-electron chi connectivity index (χ0n) is 9.78. The highest BCUT2D eigenvalue weighted by Crippen LogP contribution is 2.20. The smallest absolute Gasteiger partial charge is 0.233 e. The van der Waals surface area contributed by atoms with Crippen LogP contribution < -0.4 is 5.32 Å². The van der Waals surface area contributed by atoms with Gasteiger partial charge < -0.3 is 5.32 Å². The lowest BCUT2D eigenvalue weighted by Gasteiger charge is -2.10. The Balaban J connectivity index is 2.39. The Morgan fingerprint density at radius 1 is 1.65 bits per heavy atom.